The number of rotatable bonds is 5. The number of benzene rings is 1. The molecule has 0 saturated carbocycles. The van der Waals surface area contributed by atoms with Crippen LogP contribution in [0.5, 0.6) is 0 Å². The highest BCUT2D eigenvalue weighted by Gasteiger charge is 2.37. The minimum absolute atomic E-state index is 0.0967. The summed E-state index contributed by atoms with van der Waals surface area (Å²) in [6.07, 6.45) is 0.287. The van der Waals surface area contributed by atoms with Gasteiger partial charge in [-0.3, -0.25) is 4.79 Å². The first-order valence-electron chi connectivity index (χ1n) is 5.59. The van der Waals surface area contributed by atoms with Crippen LogP contribution < -0.4 is 0 Å². The second-order valence-electron chi connectivity index (χ2n) is 4.01. The monoisotopic (exact) mass is 256 g/mol. The zero-order valence-corrected chi connectivity index (χ0v) is 10.8. The van der Waals surface area contributed by atoms with E-state index in [1.807, 2.05) is 6.07 Å². The lowest BCUT2D eigenvalue weighted by Gasteiger charge is -2.27. The minimum atomic E-state index is -0.900. The first-order chi connectivity index (χ1) is 8.06. The number of carbonyl (C=O) groups excluding carboxylic acids is 1. The average molecular weight is 257 g/mol. The van der Waals surface area contributed by atoms with E-state index in [4.69, 9.17) is 21.4 Å². The molecule has 0 aliphatic rings. The molecule has 0 aromatic heterocycles. The Morgan fingerprint density at radius 2 is 2.12 bits per heavy atom. The molecule has 0 spiro atoms. The molecule has 1 rings (SSSR count). The normalized spacial score (nSPS) is 14.1. The number of carbonyl (C=O) groups is 1. The van der Waals surface area contributed by atoms with Gasteiger partial charge in [-0.1, -0.05) is 29.8 Å². The van der Waals surface area contributed by atoms with Gasteiger partial charge in [0.15, 0.2) is 0 Å². The number of aliphatic hydroxyl groups excluding tert-OH is 1. The van der Waals surface area contributed by atoms with E-state index in [0.717, 1.165) is 0 Å². The summed E-state index contributed by atoms with van der Waals surface area (Å²) >= 11 is 6.10. The summed E-state index contributed by atoms with van der Waals surface area (Å²) in [5.41, 5.74) is -0.211. The van der Waals surface area contributed by atoms with Gasteiger partial charge in [-0.2, -0.15) is 0 Å². The molecule has 17 heavy (non-hydrogen) atoms. The molecule has 0 amide bonds. The number of hydrogen-bond donors (Lipinski definition) is 1. The molecule has 0 heterocycles. The fourth-order valence-electron chi connectivity index (χ4n) is 1.77. The summed E-state index contributed by atoms with van der Waals surface area (Å²) in [6, 6.07) is 7.13. The number of halogens is 1. The topological polar surface area (TPSA) is 46.5 Å². The van der Waals surface area contributed by atoms with Crippen molar-refractivity contribution in [1.29, 1.82) is 0 Å². The van der Waals surface area contributed by atoms with Gasteiger partial charge in [0.05, 0.1) is 12.0 Å². The molecule has 1 N–H and O–H groups in total. The van der Waals surface area contributed by atoms with Crippen molar-refractivity contribution in [3.8, 4) is 0 Å². The largest absolute Gasteiger partial charge is 0.465 e. The van der Waals surface area contributed by atoms with Gasteiger partial charge in [-0.25, -0.2) is 0 Å². The van der Waals surface area contributed by atoms with Gasteiger partial charge in [-0.05, 0) is 31.9 Å². The highest BCUT2D eigenvalue weighted by atomic mass is 35.5. The lowest BCUT2D eigenvalue weighted by atomic mass is 9.79. The van der Waals surface area contributed by atoms with Crippen LogP contribution in [0.2, 0.25) is 5.02 Å². The van der Waals surface area contributed by atoms with E-state index < -0.39 is 5.41 Å². The van der Waals surface area contributed by atoms with Crippen molar-refractivity contribution in [2.75, 3.05) is 13.2 Å². The Bertz CT molecular complexity index is 392. The van der Waals surface area contributed by atoms with Gasteiger partial charge in [-0.15, -0.1) is 0 Å². The van der Waals surface area contributed by atoms with Gasteiger partial charge < -0.3 is 9.84 Å². The van der Waals surface area contributed by atoms with Gasteiger partial charge in [0, 0.05) is 11.6 Å². The Balaban J connectivity index is 3.15. The highest BCUT2D eigenvalue weighted by Crippen LogP contribution is 2.34. The van der Waals surface area contributed by atoms with Crippen molar-refractivity contribution < 1.29 is 14.6 Å². The zero-order chi connectivity index (χ0) is 12.9. The van der Waals surface area contributed by atoms with Crippen molar-refractivity contribution in [3.63, 3.8) is 0 Å². The predicted octanol–water partition coefficient (Wildman–Crippen LogP) is 2.54. The van der Waals surface area contributed by atoms with Gasteiger partial charge in [0.2, 0.25) is 0 Å². The molecular formula is C13H17ClO3. The minimum Gasteiger partial charge on any atom is -0.465 e. The van der Waals surface area contributed by atoms with Crippen LogP contribution >= 0.6 is 11.6 Å². The first-order valence-corrected chi connectivity index (χ1v) is 5.97. The maximum atomic E-state index is 12.0. The van der Waals surface area contributed by atoms with Crippen LogP contribution in [-0.4, -0.2) is 24.3 Å². The third kappa shape index (κ3) is 2.99. The number of ether oxygens (including phenoxy) is 1. The van der Waals surface area contributed by atoms with E-state index in [1.165, 1.54) is 0 Å². The average Bonchev–Trinajstić information content (AvgIpc) is 2.30. The fraction of sp³-hybridized carbons (Fsp3) is 0.462. The Labute approximate surface area is 106 Å². The Hall–Kier alpha value is -1.06. The van der Waals surface area contributed by atoms with Crippen molar-refractivity contribution in [3.05, 3.63) is 34.9 Å². The third-order valence-electron chi connectivity index (χ3n) is 2.81. The molecule has 3 nitrogen and oxygen atoms in total. The molecule has 0 aliphatic carbocycles. The van der Waals surface area contributed by atoms with Crippen LogP contribution in [0.25, 0.3) is 0 Å². The SMILES string of the molecule is CCOC(=O)C(C)(CCO)c1ccccc1Cl. The summed E-state index contributed by atoms with van der Waals surface area (Å²) in [4.78, 5) is 12.0. The van der Waals surface area contributed by atoms with Crippen molar-refractivity contribution >= 4 is 17.6 Å². The lowest BCUT2D eigenvalue weighted by molar-refractivity contribution is -0.150. The van der Waals surface area contributed by atoms with E-state index in [2.05, 4.69) is 0 Å². The highest BCUT2D eigenvalue weighted by molar-refractivity contribution is 6.31. The summed E-state index contributed by atoms with van der Waals surface area (Å²) < 4.78 is 5.06. The van der Waals surface area contributed by atoms with Crippen molar-refractivity contribution in [1.82, 2.24) is 0 Å². The molecule has 1 aromatic carbocycles. The predicted molar refractivity (Wildman–Crippen MR) is 67.1 cm³/mol. The molecule has 94 valence electrons. The molecule has 1 unspecified atom stereocenters. The molecular weight excluding hydrogens is 240 g/mol. The Morgan fingerprint density at radius 3 is 2.65 bits per heavy atom. The molecule has 0 saturated heterocycles. The van der Waals surface area contributed by atoms with Crippen LogP contribution in [0.15, 0.2) is 24.3 Å². The second-order valence-corrected chi connectivity index (χ2v) is 4.41. The molecule has 0 radical (unpaired) electrons. The molecule has 4 heteroatoms. The van der Waals surface area contributed by atoms with E-state index >= 15 is 0 Å². The van der Waals surface area contributed by atoms with Crippen LogP contribution in [0.4, 0.5) is 0 Å². The Kier molecular flexibility index (Phi) is 4.97. The third-order valence-corrected chi connectivity index (χ3v) is 3.14. The van der Waals surface area contributed by atoms with E-state index in [0.29, 0.717) is 17.2 Å². The van der Waals surface area contributed by atoms with Gasteiger partial charge in [0.25, 0.3) is 0 Å². The van der Waals surface area contributed by atoms with E-state index in [-0.39, 0.29) is 19.0 Å². The Morgan fingerprint density at radius 1 is 1.47 bits per heavy atom. The summed E-state index contributed by atoms with van der Waals surface area (Å²) in [5, 5.41) is 9.63. The molecule has 0 aliphatic heterocycles. The standard InChI is InChI=1S/C13H17ClO3/c1-3-17-12(16)13(2,8-9-15)10-6-4-5-7-11(10)14/h4-7,15H,3,8-9H2,1-2H3. The quantitative estimate of drug-likeness (QED) is 0.824. The molecule has 0 fully saturated rings. The first kappa shape index (κ1) is 14.0. The van der Waals surface area contributed by atoms with Crippen molar-refractivity contribution in [2.45, 2.75) is 25.7 Å². The zero-order valence-electron chi connectivity index (χ0n) is 10.1. The fourth-order valence-corrected chi connectivity index (χ4v) is 2.11. The van der Waals surface area contributed by atoms with Crippen LogP contribution in [0.1, 0.15) is 25.8 Å². The summed E-state index contributed by atoms with van der Waals surface area (Å²) in [6.45, 7) is 3.71. The molecule has 0 bridgehead atoms. The molecule has 1 atom stereocenters. The number of esters is 1. The van der Waals surface area contributed by atoms with Crippen LogP contribution in [-0.2, 0) is 14.9 Å². The van der Waals surface area contributed by atoms with Crippen LogP contribution in [0, 0.1) is 0 Å². The summed E-state index contributed by atoms with van der Waals surface area (Å²) in [7, 11) is 0. The van der Waals surface area contributed by atoms with Crippen LogP contribution in [0.3, 0.4) is 0 Å². The van der Waals surface area contributed by atoms with Crippen molar-refractivity contribution in [2.24, 2.45) is 0 Å². The van der Waals surface area contributed by atoms with E-state index in [1.54, 1.807) is 32.0 Å². The maximum absolute atomic E-state index is 12.0. The number of hydrogen-bond acceptors (Lipinski definition) is 3. The maximum Gasteiger partial charge on any atom is 0.316 e. The van der Waals surface area contributed by atoms with Gasteiger partial charge in [0.1, 0.15) is 0 Å². The lowest BCUT2D eigenvalue weighted by Crippen LogP contribution is -2.35. The summed E-state index contributed by atoms with van der Waals surface area (Å²) in [5.74, 6) is -0.359. The molecule has 1 aromatic rings. The van der Waals surface area contributed by atoms with E-state index in [9.17, 15) is 4.79 Å². The number of aliphatic hydroxyl groups is 1. The smallest absolute Gasteiger partial charge is 0.316 e. The van der Waals surface area contributed by atoms with Gasteiger partial charge >= 0.3 is 5.97 Å². The second kappa shape index (κ2) is 6.03.